The fraction of sp³-hybridized carbons (Fsp3) is 0.381. The molecule has 0 unspecified atom stereocenters. The Morgan fingerprint density at radius 3 is 2.70 bits per heavy atom. The van der Waals surface area contributed by atoms with E-state index in [4.69, 9.17) is 0 Å². The molecule has 0 aliphatic carbocycles. The Labute approximate surface area is 164 Å². The molecule has 1 aliphatic rings. The van der Waals surface area contributed by atoms with Gasteiger partial charge < -0.3 is 10.2 Å². The van der Waals surface area contributed by atoms with E-state index in [1.807, 2.05) is 43.0 Å². The first-order valence-electron chi connectivity index (χ1n) is 9.34. The van der Waals surface area contributed by atoms with E-state index in [0.29, 0.717) is 13.1 Å². The summed E-state index contributed by atoms with van der Waals surface area (Å²) in [7, 11) is 0. The Balaban J connectivity index is 1.66. The van der Waals surface area contributed by atoms with Gasteiger partial charge in [0.2, 0.25) is 0 Å². The molecular weight excluding hydrogens is 361 g/mol. The maximum Gasteiger partial charge on any atom is 0.322 e. The standard InChI is InChI=1S/C21H26FN3OS/c1-2-25(15-17-6-5-8-19(22)14-17)21(26)23-20-9-4-3-7-18(20)16-24-10-12-27-13-11-24/h3-9,14H,2,10-13,15-16H2,1H3,(H,23,26). The van der Waals surface area contributed by atoms with Crippen molar-refractivity contribution >= 4 is 23.5 Å². The number of carbonyl (C=O) groups is 1. The number of thioether (sulfide) groups is 1. The van der Waals surface area contributed by atoms with Crippen molar-refractivity contribution in [2.45, 2.75) is 20.0 Å². The fourth-order valence-electron chi connectivity index (χ4n) is 3.16. The summed E-state index contributed by atoms with van der Waals surface area (Å²) in [5.41, 5.74) is 2.75. The molecule has 0 atom stereocenters. The van der Waals surface area contributed by atoms with Crippen LogP contribution in [0.25, 0.3) is 0 Å². The van der Waals surface area contributed by atoms with Crippen molar-refractivity contribution in [1.82, 2.24) is 9.80 Å². The molecule has 1 fully saturated rings. The van der Waals surface area contributed by atoms with Crippen LogP contribution in [-0.4, -0.2) is 47.0 Å². The van der Waals surface area contributed by atoms with E-state index in [1.54, 1.807) is 11.0 Å². The van der Waals surface area contributed by atoms with Crippen LogP contribution in [-0.2, 0) is 13.1 Å². The van der Waals surface area contributed by atoms with Gasteiger partial charge >= 0.3 is 6.03 Å². The van der Waals surface area contributed by atoms with Crippen LogP contribution >= 0.6 is 11.8 Å². The van der Waals surface area contributed by atoms with Gasteiger partial charge in [-0.1, -0.05) is 30.3 Å². The summed E-state index contributed by atoms with van der Waals surface area (Å²) < 4.78 is 13.4. The van der Waals surface area contributed by atoms with Crippen molar-refractivity contribution in [2.75, 3.05) is 36.5 Å². The summed E-state index contributed by atoms with van der Waals surface area (Å²) in [6.07, 6.45) is 0. The lowest BCUT2D eigenvalue weighted by atomic mass is 10.1. The second-order valence-corrected chi connectivity index (χ2v) is 7.84. The molecule has 0 spiro atoms. The third-order valence-electron chi connectivity index (χ3n) is 4.69. The molecule has 1 saturated heterocycles. The predicted molar refractivity (Wildman–Crippen MR) is 111 cm³/mol. The SMILES string of the molecule is CCN(Cc1cccc(F)c1)C(=O)Nc1ccccc1CN1CCSCC1. The Bertz CT molecular complexity index is 765. The molecule has 144 valence electrons. The zero-order chi connectivity index (χ0) is 19.1. The first-order valence-corrected chi connectivity index (χ1v) is 10.5. The highest BCUT2D eigenvalue weighted by atomic mass is 32.2. The van der Waals surface area contributed by atoms with Gasteiger partial charge in [-0.25, -0.2) is 9.18 Å². The molecule has 1 N–H and O–H groups in total. The fourth-order valence-corrected chi connectivity index (χ4v) is 4.14. The number of nitrogens with one attached hydrogen (secondary N) is 1. The first-order chi connectivity index (χ1) is 13.2. The molecule has 27 heavy (non-hydrogen) atoms. The van der Waals surface area contributed by atoms with E-state index in [2.05, 4.69) is 16.3 Å². The van der Waals surface area contributed by atoms with Crippen molar-refractivity contribution in [3.63, 3.8) is 0 Å². The van der Waals surface area contributed by atoms with Crippen molar-refractivity contribution in [2.24, 2.45) is 0 Å². The number of amides is 2. The molecule has 0 saturated carbocycles. The third-order valence-corrected chi connectivity index (χ3v) is 5.63. The van der Waals surface area contributed by atoms with Crippen LogP contribution in [0.5, 0.6) is 0 Å². The van der Waals surface area contributed by atoms with E-state index in [-0.39, 0.29) is 11.8 Å². The van der Waals surface area contributed by atoms with Crippen molar-refractivity contribution in [1.29, 1.82) is 0 Å². The van der Waals surface area contributed by atoms with Crippen LogP contribution in [0.2, 0.25) is 0 Å². The number of nitrogens with zero attached hydrogens (tertiary/aromatic N) is 2. The van der Waals surface area contributed by atoms with Gasteiger partial charge in [-0.05, 0) is 36.2 Å². The average molecular weight is 388 g/mol. The molecule has 0 bridgehead atoms. The van der Waals surface area contributed by atoms with Crippen LogP contribution in [0.15, 0.2) is 48.5 Å². The third kappa shape index (κ3) is 5.71. The number of halogens is 1. The quantitative estimate of drug-likeness (QED) is 0.797. The van der Waals surface area contributed by atoms with E-state index < -0.39 is 0 Å². The lowest BCUT2D eigenvalue weighted by molar-refractivity contribution is 0.212. The zero-order valence-corrected chi connectivity index (χ0v) is 16.5. The van der Waals surface area contributed by atoms with Crippen molar-refractivity contribution in [3.05, 3.63) is 65.5 Å². The summed E-state index contributed by atoms with van der Waals surface area (Å²) in [6.45, 7) is 5.85. The first kappa shape index (κ1) is 19.7. The van der Waals surface area contributed by atoms with Gasteiger partial charge in [-0.3, -0.25) is 4.90 Å². The molecule has 2 aromatic rings. The van der Waals surface area contributed by atoms with E-state index in [9.17, 15) is 9.18 Å². The number of anilines is 1. The van der Waals surface area contributed by atoms with Crippen LogP contribution in [0.3, 0.4) is 0 Å². The van der Waals surface area contributed by atoms with Gasteiger partial charge in [0.15, 0.2) is 0 Å². The molecule has 2 amide bonds. The van der Waals surface area contributed by atoms with E-state index >= 15 is 0 Å². The Hall–Kier alpha value is -2.05. The highest BCUT2D eigenvalue weighted by Gasteiger charge is 2.16. The van der Waals surface area contributed by atoms with Crippen LogP contribution in [0.4, 0.5) is 14.9 Å². The second kappa shape index (κ2) is 9.76. The molecule has 0 radical (unpaired) electrons. The topological polar surface area (TPSA) is 35.6 Å². The summed E-state index contributed by atoms with van der Waals surface area (Å²) in [4.78, 5) is 16.9. The molecule has 3 rings (SSSR count). The lowest BCUT2D eigenvalue weighted by Crippen LogP contribution is -2.35. The summed E-state index contributed by atoms with van der Waals surface area (Å²) >= 11 is 1.99. The smallest absolute Gasteiger partial charge is 0.320 e. The number of rotatable bonds is 6. The Morgan fingerprint density at radius 1 is 1.19 bits per heavy atom. The van der Waals surface area contributed by atoms with Crippen molar-refractivity contribution in [3.8, 4) is 0 Å². The monoisotopic (exact) mass is 387 g/mol. The summed E-state index contributed by atoms with van der Waals surface area (Å²) in [6, 6.07) is 14.2. The minimum atomic E-state index is -0.283. The van der Waals surface area contributed by atoms with Gasteiger partial charge in [0.1, 0.15) is 5.82 Å². The average Bonchev–Trinajstić information content (AvgIpc) is 2.68. The maximum absolute atomic E-state index is 13.4. The predicted octanol–water partition coefficient (Wildman–Crippen LogP) is 4.43. The Kier molecular flexibility index (Phi) is 7.12. The minimum absolute atomic E-state index is 0.164. The molecule has 1 aliphatic heterocycles. The van der Waals surface area contributed by atoms with Gasteiger partial charge in [0.25, 0.3) is 0 Å². The minimum Gasteiger partial charge on any atom is -0.320 e. The Morgan fingerprint density at radius 2 is 1.96 bits per heavy atom. The number of hydrogen-bond donors (Lipinski definition) is 1. The largest absolute Gasteiger partial charge is 0.322 e. The molecule has 6 heteroatoms. The summed E-state index contributed by atoms with van der Waals surface area (Å²) in [5, 5.41) is 3.05. The van der Waals surface area contributed by atoms with Gasteiger partial charge in [-0.2, -0.15) is 11.8 Å². The van der Waals surface area contributed by atoms with Gasteiger partial charge in [0, 0.05) is 49.9 Å². The lowest BCUT2D eigenvalue weighted by Gasteiger charge is -2.27. The van der Waals surface area contributed by atoms with Crippen molar-refractivity contribution < 1.29 is 9.18 Å². The van der Waals surface area contributed by atoms with Crippen LogP contribution < -0.4 is 5.32 Å². The molecule has 4 nitrogen and oxygen atoms in total. The number of para-hydroxylation sites is 1. The normalized spacial score (nSPS) is 14.7. The molecule has 0 aromatic heterocycles. The molecular formula is C21H26FN3OS. The number of urea groups is 1. The highest BCUT2D eigenvalue weighted by molar-refractivity contribution is 7.99. The number of hydrogen-bond acceptors (Lipinski definition) is 3. The van der Waals surface area contributed by atoms with E-state index in [1.165, 1.54) is 12.1 Å². The zero-order valence-electron chi connectivity index (χ0n) is 15.7. The van der Waals surface area contributed by atoms with E-state index in [0.717, 1.165) is 48.0 Å². The molecule has 1 heterocycles. The second-order valence-electron chi connectivity index (χ2n) is 6.62. The van der Waals surface area contributed by atoms with Gasteiger partial charge in [0.05, 0.1) is 0 Å². The van der Waals surface area contributed by atoms with Crippen LogP contribution in [0, 0.1) is 5.82 Å². The number of benzene rings is 2. The maximum atomic E-state index is 13.4. The van der Waals surface area contributed by atoms with Gasteiger partial charge in [-0.15, -0.1) is 0 Å². The highest BCUT2D eigenvalue weighted by Crippen LogP contribution is 2.20. The molecule has 2 aromatic carbocycles. The van der Waals surface area contributed by atoms with Crippen LogP contribution in [0.1, 0.15) is 18.1 Å². The summed E-state index contributed by atoms with van der Waals surface area (Å²) in [5.74, 6) is 2.03. The number of carbonyl (C=O) groups excluding carboxylic acids is 1.